The van der Waals surface area contributed by atoms with Crippen molar-refractivity contribution in [1.29, 1.82) is 0 Å². The normalized spacial score (nSPS) is 14.8. The number of carbonyl (C=O) groups is 1. The number of nitrogens with one attached hydrogen (secondary N) is 1. The van der Waals surface area contributed by atoms with Crippen LogP contribution in [0.4, 0.5) is 5.69 Å². The average molecular weight is 399 g/mol. The number of nitrogens with zero attached hydrogens (tertiary/aromatic N) is 3. The zero-order chi connectivity index (χ0) is 19.8. The summed E-state index contributed by atoms with van der Waals surface area (Å²) in [5, 5.41) is 9.26. The van der Waals surface area contributed by atoms with E-state index in [1.807, 2.05) is 52.8 Å². The highest BCUT2D eigenvalue weighted by Gasteiger charge is 2.19. The Kier molecular flexibility index (Phi) is 7.06. The molecule has 6 nitrogen and oxygen atoms in total. The maximum atomic E-state index is 12.5. The number of rotatable bonds is 6. The second kappa shape index (κ2) is 9.92. The molecule has 0 radical (unpaired) electrons. The predicted molar refractivity (Wildman–Crippen MR) is 111 cm³/mol. The predicted octanol–water partition coefficient (Wildman–Crippen LogP) is 3.13. The number of hydrogen-bond donors (Lipinski definition) is 2. The number of hydrogen-bond acceptors (Lipinski definition) is 5. The Hall–Kier alpha value is -2.83. The lowest BCUT2D eigenvalue weighted by atomic mass is 10.2. The third-order valence-corrected chi connectivity index (χ3v) is 4.74. The van der Waals surface area contributed by atoms with Crippen LogP contribution < -0.4 is 10.4 Å². The maximum absolute atomic E-state index is 12.5. The molecule has 0 unspecified atom stereocenters. The van der Waals surface area contributed by atoms with Gasteiger partial charge in [-0.3, -0.25) is 20.5 Å². The second-order valence-electron chi connectivity index (χ2n) is 6.41. The van der Waals surface area contributed by atoms with Crippen LogP contribution in [0.25, 0.3) is 6.08 Å². The van der Waals surface area contributed by atoms with E-state index in [1.54, 1.807) is 18.2 Å². The van der Waals surface area contributed by atoms with Gasteiger partial charge in [0.05, 0.1) is 5.69 Å². The summed E-state index contributed by atoms with van der Waals surface area (Å²) in [4.78, 5) is 21.1. The van der Waals surface area contributed by atoms with Crippen LogP contribution >= 0.6 is 11.6 Å². The number of anilines is 1. The van der Waals surface area contributed by atoms with Crippen molar-refractivity contribution < 1.29 is 10.0 Å². The lowest BCUT2D eigenvalue weighted by molar-refractivity contribution is -0.126. The van der Waals surface area contributed by atoms with Gasteiger partial charge in [-0.2, -0.15) is 0 Å². The van der Waals surface area contributed by atoms with Gasteiger partial charge >= 0.3 is 0 Å². The highest BCUT2D eigenvalue weighted by molar-refractivity contribution is 6.30. The maximum Gasteiger partial charge on any atom is 0.246 e. The number of piperazine rings is 1. The first-order valence-electron chi connectivity index (χ1n) is 9.14. The fourth-order valence-corrected chi connectivity index (χ4v) is 3.24. The molecule has 2 aromatic rings. The van der Waals surface area contributed by atoms with Gasteiger partial charge in [-0.1, -0.05) is 29.8 Å². The number of aromatic nitrogens is 1. The lowest BCUT2D eigenvalue weighted by Gasteiger charge is -2.35. The molecule has 0 atom stereocenters. The summed E-state index contributed by atoms with van der Waals surface area (Å²) in [7, 11) is 0. The molecular weight excluding hydrogens is 376 g/mol. The van der Waals surface area contributed by atoms with Crippen LogP contribution in [0.5, 0.6) is 0 Å². The van der Waals surface area contributed by atoms with Crippen molar-refractivity contribution in [2.45, 2.75) is 6.42 Å². The molecule has 2 heterocycles. The van der Waals surface area contributed by atoms with Gasteiger partial charge in [0, 0.05) is 61.3 Å². The van der Waals surface area contributed by atoms with Crippen LogP contribution in [-0.4, -0.2) is 47.2 Å². The molecule has 28 heavy (non-hydrogen) atoms. The van der Waals surface area contributed by atoms with E-state index in [0.717, 1.165) is 35.2 Å². The summed E-state index contributed by atoms with van der Waals surface area (Å²) >= 11 is 6.07. The number of hydroxylamine groups is 1. The molecule has 3 rings (SSSR count). The first-order chi connectivity index (χ1) is 13.7. The Balaban J connectivity index is 1.54. The molecule has 1 amide bonds. The number of allylic oxidation sites excluding steroid dienone is 1. The largest absolute Gasteiger partial charge is 0.368 e. The van der Waals surface area contributed by atoms with Crippen LogP contribution in [0.1, 0.15) is 11.4 Å². The lowest BCUT2D eigenvalue weighted by Crippen LogP contribution is -2.48. The number of halogens is 1. The third kappa shape index (κ3) is 5.58. The Labute approximate surface area is 169 Å². The van der Waals surface area contributed by atoms with Gasteiger partial charge < -0.3 is 9.80 Å². The SMILES string of the molecule is O=C(/C=C/c1cccc(C/C=C/NO)n1)N1CCN(c2cccc(Cl)c2)CC1. The summed E-state index contributed by atoms with van der Waals surface area (Å²) in [5.74, 6) is -0.0117. The van der Waals surface area contributed by atoms with Crippen LogP contribution in [0.3, 0.4) is 0 Å². The number of carbonyl (C=O) groups excluding carboxylic acids is 1. The Morgan fingerprint density at radius 2 is 1.96 bits per heavy atom. The molecule has 1 aromatic heterocycles. The van der Waals surface area contributed by atoms with Crippen molar-refractivity contribution in [3.63, 3.8) is 0 Å². The third-order valence-electron chi connectivity index (χ3n) is 4.51. The minimum Gasteiger partial charge on any atom is -0.368 e. The van der Waals surface area contributed by atoms with Crippen LogP contribution in [0, 0.1) is 0 Å². The molecule has 1 aliphatic heterocycles. The van der Waals surface area contributed by atoms with E-state index in [0.29, 0.717) is 19.5 Å². The molecule has 146 valence electrons. The van der Waals surface area contributed by atoms with E-state index in [-0.39, 0.29) is 5.91 Å². The quantitative estimate of drug-likeness (QED) is 0.578. The van der Waals surface area contributed by atoms with E-state index in [1.165, 1.54) is 6.20 Å². The van der Waals surface area contributed by atoms with Crippen molar-refractivity contribution in [2.24, 2.45) is 0 Å². The minimum absolute atomic E-state index is 0.0117. The topological polar surface area (TPSA) is 68.7 Å². The second-order valence-corrected chi connectivity index (χ2v) is 6.85. The zero-order valence-electron chi connectivity index (χ0n) is 15.5. The van der Waals surface area contributed by atoms with Crippen molar-refractivity contribution in [3.05, 3.63) is 77.2 Å². The number of benzene rings is 1. The molecule has 2 N–H and O–H groups in total. The molecular formula is C21H23ClN4O2. The Morgan fingerprint density at radius 1 is 1.18 bits per heavy atom. The van der Waals surface area contributed by atoms with Gasteiger partial charge in [0.1, 0.15) is 0 Å². The molecule has 1 fully saturated rings. The van der Waals surface area contributed by atoms with Crippen molar-refractivity contribution >= 4 is 29.3 Å². The fourth-order valence-electron chi connectivity index (χ4n) is 3.06. The Bertz CT molecular complexity index is 861. The van der Waals surface area contributed by atoms with Crippen molar-refractivity contribution in [3.8, 4) is 0 Å². The van der Waals surface area contributed by atoms with E-state index >= 15 is 0 Å². The van der Waals surface area contributed by atoms with Crippen LogP contribution in [-0.2, 0) is 11.2 Å². The van der Waals surface area contributed by atoms with E-state index in [2.05, 4.69) is 9.88 Å². The average Bonchev–Trinajstić information content (AvgIpc) is 2.73. The van der Waals surface area contributed by atoms with Gasteiger partial charge in [0.2, 0.25) is 5.91 Å². The first kappa shape index (κ1) is 19.9. The zero-order valence-corrected chi connectivity index (χ0v) is 16.2. The van der Waals surface area contributed by atoms with Crippen LogP contribution in [0.15, 0.2) is 60.8 Å². The molecule has 0 spiro atoms. The summed E-state index contributed by atoms with van der Waals surface area (Å²) < 4.78 is 0. The van der Waals surface area contributed by atoms with Crippen LogP contribution in [0.2, 0.25) is 5.02 Å². The fraction of sp³-hybridized carbons (Fsp3) is 0.238. The molecule has 1 saturated heterocycles. The monoisotopic (exact) mass is 398 g/mol. The van der Waals surface area contributed by atoms with E-state index in [9.17, 15) is 4.79 Å². The van der Waals surface area contributed by atoms with Crippen molar-refractivity contribution in [1.82, 2.24) is 15.4 Å². The molecule has 0 saturated carbocycles. The summed E-state index contributed by atoms with van der Waals surface area (Å²) in [6, 6.07) is 13.4. The standard InChI is InChI=1S/C21H23ClN4O2/c22-17-4-1-8-20(16-17)25-12-14-26(15-13-25)21(27)10-9-19-6-2-5-18(24-19)7-3-11-23-28/h1-6,8-11,16,23,28H,7,12-15H2/b10-9+,11-3+. The van der Waals surface area contributed by atoms with Gasteiger partial charge in [-0.05, 0) is 36.4 Å². The highest BCUT2D eigenvalue weighted by atomic mass is 35.5. The number of pyridine rings is 1. The smallest absolute Gasteiger partial charge is 0.246 e. The van der Waals surface area contributed by atoms with E-state index < -0.39 is 0 Å². The van der Waals surface area contributed by atoms with E-state index in [4.69, 9.17) is 16.8 Å². The molecule has 0 aliphatic carbocycles. The number of amides is 1. The van der Waals surface area contributed by atoms with Gasteiger partial charge in [0.25, 0.3) is 0 Å². The van der Waals surface area contributed by atoms with Crippen molar-refractivity contribution in [2.75, 3.05) is 31.1 Å². The minimum atomic E-state index is -0.0117. The Morgan fingerprint density at radius 3 is 2.71 bits per heavy atom. The van der Waals surface area contributed by atoms with Gasteiger partial charge in [-0.25, -0.2) is 0 Å². The summed E-state index contributed by atoms with van der Waals surface area (Å²) in [5.41, 5.74) is 4.64. The first-order valence-corrected chi connectivity index (χ1v) is 9.51. The molecule has 0 bridgehead atoms. The molecule has 1 aromatic carbocycles. The van der Waals surface area contributed by atoms with Gasteiger partial charge in [0.15, 0.2) is 0 Å². The van der Waals surface area contributed by atoms with Gasteiger partial charge in [-0.15, -0.1) is 0 Å². The summed E-state index contributed by atoms with van der Waals surface area (Å²) in [6.45, 7) is 2.89. The molecule has 7 heteroatoms. The highest BCUT2D eigenvalue weighted by Crippen LogP contribution is 2.20. The summed E-state index contributed by atoms with van der Waals surface area (Å²) in [6.07, 6.45) is 7.11. The molecule has 1 aliphatic rings.